The lowest BCUT2D eigenvalue weighted by Crippen LogP contribution is -2.49. The molecule has 4 heterocycles. The van der Waals surface area contributed by atoms with Crippen LogP contribution < -0.4 is 9.64 Å². The fourth-order valence-corrected chi connectivity index (χ4v) is 3.21. The third-order valence-electron chi connectivity index (χ3n) is 4.62. The molecule has 0 radical (unpaired) electrons. The maximum atomic E-state index is 12.8. The predicted molar refractivity (Wildman–Crippen MR) is 99.2 cm³/mol. The van der Waals surface area contributed by atoms with Gasteiger partial charge in [0.15, 0.2) is 0 Å². The van der Waals surface area contributed by atoms with Gasteiger partial charge in [-0.05, 0) is 12.1 Å². The average Bonchev–Trinajstić information content (AvgIpc) is 3.37. The number of piperazine rings is 1. The molecule has 1 saturated heterocycles. The minimum Gasteiger partial charge on any atom is -0.479 e. The van der Waals surface area contributed by atoms with Crippen molar-refractivity contribution in [3.8, 4) is 11.7 Å². The van der Waals surface area contributed by atoms with Gasteiger partial charge in [-0.3, -0.25) is 9.48 Å². The van der Waals surface area contributed by atoms with Crippen LogP contribution in [0.25, 0.3) is 5.82 Å². The topological polar surface area (TPSA) is 81.3 Å². The van der Waals surface area contributed by atoms with Gasteiger partial charge in [0.1, 0.15) is 23.5 Å². The Hall–Kier alpha value is -3.36. The number of nitrogens with zero attached hydrogens (tertiary/aromatic N) is 7. The molecule has 1 fully saturated rings. The van der Waals surface area contributed by atoms with Gasteiger partial charge < -0.3 is 19.1 Å². The highest BCUT2D eigenvalue weighted by molar-refractivity contribution is 5.96. The van der Waals surface area contributed by atoms with Crippen LogP contribution in [0.2, 0.25) is 0 Å². The Balaban J connectivity index is 1.45. The number of methoxy groups -OCH3 is 1. The molecule has 1 amide bonds. The molecule has 0 N–H and O–H groups in total. The van der Waals surface area contributed by atoms with Gasteiger partial charge in [0.2, 0.25) is 5.88 Å². The second-order valence-corrected chi connectivity index (χ2v) is 6.33. The Bertz CT molecular complexity index is 927. The van der Waals surface area contributed by atoms with Crippen molar-refractivity contribution in [2.75, 3.05) is 38.2 Å². The molecule has 4 rings (SSSR count). The summed E-state index contributed by atoms with van der Waals surface area (Å²) in [6, 6.07) is 5.87. The number of amides is 1. The van der Waals surface area contributed by atoms with Gasteiger partial charge in [0.25, 0.3) is 5.91 Å². The van der Waals surface area contributed by atoms with E-state index in [4.69, 9.17) is 4.74 Å². The van der Waals surface area contributed by atoms with Gasteiger partial charge in [-0.1, -0.05) is 0 Å². The molecule has 0 bridgehead atoms. The van der Waals surface area contributed by atoms with Crippen LogP contribution in [0, 0.1) is 0 Å². The van der Waals surface area contributed by atoms with Crippen molar-refractivity contribution in [2.24, 2.45) is 7.05 Å². The zero-order chi connectivity index (χ0) is 18.8. The van der Waals surface area contributed by atoms with Crippen LogP contribution in [-0.2, 0) is 7.05 Å². The summed E-state index contributed by atoms with van der Waals surface area (Å²) in [4.78, 5) is 25.5. The van der Waals surface area contributed by atoms with Gasteiger partial charge in [0.05, 0.1) is 7.11 Å². The van der Waals surface area contributed by atoms with E-state index >= 15 is 0 Å². The lowest BCUT2D eigenvalue weighted by Gasteiger charge is -2.35. The van der Waals surface area contributed by atoms with Crippen LogP contribution in [0.3, 0.4) is 0 Å². The Kier molecular flexibility index (Phi) is 4.49. The Morgan fingerprint density at radius 3 is 2.48 bits per heavy atom. The standard InChI is InChI=1S/C18H21N7O2/c1-22-12-14(17(21-22)27-2)18(26)25-9-7-24(8-10-25)16-11-15(19-13-20-16)23-5-3-4-6-23/h3-6,11-13H,7-10H2,1-2H3. The monoisotopic (exact) mass is 367 g/mol. The van der Waals surface area contributed by atoms with E-state index in [2.05, 4.69) is 20.0 Å². The summed E-state index contributed by atoms with van der Waals surface area (Å²) in [7, 11) is 3.29. The van der Waals surface area contributed by atoms with Crippen LogP contribution in [0.15, 0.2) is 43.1 Å². The molecule has 9 heteroatoms. The number of anilines is 1. The number of rotatable bonds is 4. The molecule has 0 saturated carbocycles. The molecule has 0 spiro atoms. The second-order valence-electron chi connectivity index (χ2n) is 6.33. The molecule has 3 aromatic rings. The van der Waals surface area contributed by atoms with E-state index in [-0.39, 0.29) is 5.91 Å². The molecule has 9 nitrogen and oxygen atoms in total. The Labute approximate surface area is 156 Å². The molecule has 0 aromatic carbocycles. The molecular weight excluding hydrogens is 346 g/mol. The van der Waals surface area contributed by atoms with Crippen molar-refractivity contribution in [2.45, 2.75) is 0 Å². The molecule has 0 atom stereocenters. The molecule has 0 aliphatic carbocycles. The molecule has 27 heavy (non-hydrogen) atoms. The van der Waals surface area contributed by atoms with E-state index in [0.29, 0.717) is 37.6 Å². The maximum Gasteiger partial charge on any atom is 0.261 e. The highest BCUT2D eigenvalue weighted by Crippen LogP contribution is 2.20. The van der Waals surface area contributed by atoms with Crippen LogP contribution >= 0.6 is 0 Å². The van der Waals surface area contributed by atoms with Crippen LogP contribution in [0.5, 0.6) is 5.88 Å². The Morgan fingerprint density at radius 1 is 1.07 bits per heavy atom. The van der Waals surface area contributed by atoms with Crippen molar-refractivity contribution in [1.82, 2.24) is 29.2 Å². The molecule has 140 valence electrons. The highest BCUT2D eigenvalue weighted by Gasteiger charge is 2.26. The zero-order valence-electron chi connectivity index (χ0n) is 15.3. The van der Waals surface area contributed by atoms with Gasteiger partial charge in [-0.15, -0.1) is 5.10 Å². The van der Waals surface area contributed by atoms with E-state index < -0.39 is 0 Å². The second kappa shape index (κ2) is 7.10. The van der Waals surface area contributed by atoms with E-state index in [1.807, 2.05) is 40.1 Å². The first-order valence-electron chi connectivity index (χ1n) is 8.73. The number of aromatic nitrogens is 5. The van der Waals surface area contributed by atoms with E-state index in [1.165, 1.54) is 7.11 Å². The average molecular weight is 367 g/mol. The lowest BCUT2D eigenvalue weighted by molar-refractivity contribution is 0.0743. The van der Waals surface area contributed by atoms with Gasteiger partial charge in [-0.2, -0.15) is 0 Å². The number of carbonyl (C=O) groups is 1. The smallest absolute Gasteiger partial charge is 0.261 e. The normalized spacial score (nSPS) is 14.4. The number of hydrogen-bond donors (Lipinski definition) is 0. The maximum absolute atomic E-state index is 12.8. The van der Waals surface area contributed by atoms with Crippen molar-refractivity contribution in [3.63, 3.8) is 0 Å². The summed E-state index contributed by atoms with van der Waals surface area (Å²) >= 11 is 0. The lowest BCUT2D eigenvalue weighted by atomic mass is 10.2. The van der Waals surface area contributed by atoms with Gasteiger partial charge in [-0.25, -0.2) is 9.97 Å². The third kappa shape index (κ3) is 3.35. The molecule has 3 aromatic heterocycles. The first-order chi connectivity index (χ1) is 13.2. The van der Waals surface area contributed by atoms with Crippen molar-refractivity contribution in [3.05, 3.63) is 48.7 Å². The highest BCUT2D eigenvalue weighted by atomic mass is 16.5. The number of hydrogen-bond acceptors (Lipinski definition) is 6. The van der Waals surface area contributed by atoms with E-state index in [0.717, 1.165) is 11.6 Å². The quantitative estimate of drug-likeness (QED) is 0.684. The fourth-order valence-electron chi connectivity index (χ4n) is 3.21. The Morgan fingerprint density at radius 2 is 1.78 bits per heavy atom. The summed E-state index contributed by atoms with van der Waals surface area (Å²) < 4.78 is 8.74. The van der Waals surface area contributed by atoms with Crippen molar-refractivity contribution < 1.29 is 9.53 Å². The first kappa shape index (κ1) is 17.1. The molecule has 1 aliphatic rings. The summed E-state index contributed by atoms with van der Waals surface area (Å²) in [6.07, 6.45) is 7.16. The van der Waals surface area contributed by atoms with Gasteiger partial charge in [0, 0.05) is 57.9 Å². The van der Waals surface area contributed by atoms with E-state index in [9.17, 15) is 4.79 Å². The summed E-state index contributed by atoms with van der Waals surface area (Å²) in [6.45, 7) is 2.63. The number of carbonyl (C=O) groups excluding carboxylic acids is 1. The van der Waals surface area contributed by atoms with Crippen LogP contribution in [0.1, 0.15) is 10.4 Å². The summed E-state index contributed by atoms with van der Waals surface area (Å²) in [5, 5.41) is 4.16. The summed E-state index contributed by atoms with van der Waals surface area (Å²) in [5.74, 6) is 1.98. The molecule has 1 aliphatic heterocycles. The van der Waals surface area contributed by atoms with E-state index in [1.54, 1.807) is 24.3 Å². The predicted octanol–water partition coefficient (Wildman–Crippen LogP) is 0.972. The molecule has 0 unspecified atom stereocenters. The minimum atomic E-state index is -0.0599. The van der Waals surface area contributed by atoms with Crippen molar-refractivity contribution >= 4 is 11.7 Å². The van der Waals surface area contributed by atoms with Crippen molar-refractivity contribution in [1.29, 1.82) is 0 Å². The SMILES string of the molecule is COc1nn(C)cc1C(=O)N1CCN(c2cc(-n3cccc3)ncn2)CC1. The third-order valence-corrected chi connectivity index (χ3v) is 4.62. The largest absolute Gasteiger partial charge is 0.479 e. The van der Waals surface area contributed by atoms with Crippen LogP contribution in [0.4, 0.5) is 5.82 Å². The number of ether oxygens (including phenoxy) is 1. The first-order valence-corrected chi connectivity index (χ1v) is 8.73. The summed E-state index contributed by atoms with van der Waals surface area (Å²) in [5.41, 5.74) is 0.491. The number of aryl methyl sites for hydroxylation is 1. The van der Waals surface area contributed by atoms with Crippen LogP contribution in [-0.4, -0.2) is 68.4 Å². The minimum absolute atomic E-state index is 0.0599. The zero-order valence-corrected chi connectivity index (χ0v) is 15.3. The fraction of sp³-hybridized carbons (Fsp3) is 0.333. The molecular formula is C18H21N7O2. The van der Waals surface area contributed by atoms with Gasteiger partial charge >= 0.3 is 0 Å².